The van der Waals surface area contributed by atoms with E-state index < -0.39 is 11.8 Å². The number of rotatable bonds is 3. The van der Waals surface area contributed by atoms with E-state index in [2.05, 4.69) is 9.97 Å². The fourth-order valence-electron chi connectivity index (χ4n) is 1.37. The highest BCUT2D eigenvalue weighted by Crippen LogP contribution is 2.29. The lowest BCUT2D eigenvalue weighted by molar-refractivity contribution is 0.0694. The third-order valence-corrected chi connectivity index (χ3v) is 2.55. The molecule has 0 spiro atoms. The van der Waals surface area contributed by atoms with Crippen molar-refractivity contribution < 1.29 is 19.0 Å². The predicted molar refractivity (Wildman–Crippen MR) is 65.2 cm³/mol. The van der Waals surface area contributed by atoms with Crippen LogP contribution < -0.4 is 4.74 Å². The van der Waals surface area contributed by atoms with Gasteiger partial charge in [-0.25, -0.2) is 9.78 Å². The molecule has 0 radical (unpaired) electrons. The lowest BCUT2D eigenvalue weighted by atomic mass is 10.2. The van der Waals surface area contributed by atoms with Gasteiger partial charge in [0.05, 0.1) is 5.69 Å². The van der Waals surface area contributed by atoms with Crippen LogP contribution in [0.3, 0.4) is 0 Å². The second kappa shape index (κ2) is 5.19. The van der Waals surface area contributed by atoms with Crippen molar-refractivity contribution in [1.82, 2.24) is 9.97 Å². The normalized spacial score (nSPS) is 10.3. The van der Waals surface area contributed by atoms with E-state index in [0.29, 0.717) is 0 Å². The number of hydrogen-bond donors (Lipinski definition) is 1. The van der Waals surface area contributed by atoms with Crippen molar-refractivity contribution >= 4 is 17.6 Å². The summed E-state index contributed by atoms with van der Waals surface area (Å²) >= 11 is 5.76. The number of ether oxygens (including phenoxy) is 1. The van der Waals surface area contributed by atoms with Crippen LogP contribution >= 0.6 is 11.6 Å². The summed E-state index contributed by atoms with van der Waals surface area (Å²) in [4.78, 5) is 18.3. The molecule has 0 aliphatic heterocycles. The predicted octanol–water partition coefficient (Wildman–Crippen LogP) is 3.07. The van der Waals surface area contributed by atoms with Gasteiger partial charge in [0.15, 0.2) is 0 Å². The summed E-state index contributed by atoms with van der Waals surface area (Å²) in [6, 6.07) is 3.95. The number of carbonyl (C=O) groups is 1. The fourth-order valence-corrected chi connectivity index (χ4v) is 1.53. The molecule has 0 atom stereocenters. The van der Waals surface area contributed by atoms with Crippen LogP contribution in [0.4, 0.5) is 4.39 Å². The van der Waals surface area contributed by atoms with E-state index in [4.69, 9.17) is 21.4 Å². The van der Waals surface area contributed by atoms with Gasteiger partial charge in [0.25, 0.3) is 5.88 Å². The number of hydrogen-bond acceptors (Lipinski definition) is 4. The minimum absolute atomic E-state index is 0.0861. The second-order valence-corrected chi connectivity index (χ2v) is 4.06. The largest absolute Gasteiger partial charge is 0.478 e. The molecule has 0 aliphatic rings. The molecule has 5 nitrogen and oxygen atoms in total. The first kappa shape index (κ1) is 13.2. The average molecular weight is 283 g/mol. The summed E-state index contributed by atoms with van der Waals surface area (Å²) < 4.78 is 18.9. The molecule has 1 N–H and O–H groups in total. The molecule has 2 aromatic rings. The summed E-state index contributed by atoms with van der Waals surface area (Å²) in [5.41, 5.74) is -0.0380. The first-order chi connectivity index (χ1) is 8.99. The van der Waals surface area contributed by atoms with Crippen molar-refractivity contribution in [2.45, 2.75) is 6.92 Å². The molecule has 0 bridgehead atoms. The number of nitrogens with zero attached hydrogens (tertiary/aromatic N) is 2. The first-order valence-electron chi connectivity index (χ1n) is 5.17. The average Bonchev–Trinajstić information content (AvgIpc) is 2.35. The summed E-state index contributed by atoms with van der Waals surface area (Å²) in [7, 11) is 0. The highest BCUT2D eigenvalue weighted by molar-refractivity contribution is 6.30. The minimum atomic E-state index is -1.21. The first-order valence-corrected chi connectivity index (χ1v) is 5.54. The number of carboxylic acid groups (broad SMARTS) is 1. The molecule has 0 amide bonds. The number of carboxylic acids is 1. The monoisotopic (exact) mass is 282 g/mol. The molecular formula is C12H8ClFN2O3. The summed E-state index contributed by atoms with van der Waals surface area (Å²) in [5, 5.41) is 9.28. The molecule has 0 aliphatic carbocycles. The van der Waals surface area contributed by atoms with Gasteiger partial charge in [-0.2, -0.15) is 9.37 Å². The maximum atomic E-state index is 13.7. The van der Waals surface area contributed by atoms with Crippen LogP contribution in [0.15, 0.2) is 24.5 Å². The van der Waals surface area contributed by atoms with E-state index in [9.17, 15) is 9.18 Å². The molecule has 19 heavy (non-hydrogen) atoms. The van der Waals surface area contributed by atoms with Gasteiger partial charge in [0.1, 0.15) is 17.6 Å². The maximum Gasteiger partial charge on any atom is 0.339 e. The summed E-state index contributed by atoms with van der Waals surface area (Å²) in [5.74, 6) is -2.40. The lowest BCUT2D eigenvalue weighted by Crippen LogP contribution is -2.02. The summed E-state index contributed by atoms with van der Waals surface area (Å²) in [6.45, 7) is 1.44. The summed E-state index contributed by atoms with van der Waals surface area (Å²) in [6.07, 6.45) is 1.12. The van der Waals surface area contributed by atoms with Gasteiger partial charge in [-0.1, -0.05) is 11.6 Å². The Morgan fingerprint density at radius 1 is 1.42 bits per heavy atom. The Morgan fingerprint density at radius 2 is 2.16 bits per heavy atom. The van der Waals surface area contributed by atoms with Gasteiger partial charge < -0.3 is 9.84 Å². The molecule has 0 saturated heterocycles. The molecule has 1 aromatic carbocycles. The van der Waals surface area contributed by atoms with Crippen LogP contribution in [0.5, 0.6) is 11.6 Å². The van der Waals surface area contributed by atoms with Crippen LogP contribution in [0.1, 0.15) is 16.1 Å². The Labute approximate surface area is 112 Å². The van der Waals surface area contributed by atoms with Crippen molar-refractivity contribution in [1.29, 1.82) is 0 Å². The highest BCUT2D eigenvalue weighted by Gasteiger charge is 2.16. The smallest absolute Gasteiger partial charge is 0.339 e. The van der Waals surface area contributed by atoms with E-state index in [1.54, 1.807) is 0 Å². The molecule has 1 heterocycles. The second-order valence-electron chi connectivity index (χ2n) is 3.63. The van der Waals surface area contributed by atoms with Crippen LogP contribution in [-0.2, 0) is 0 Å². The van der Waals surface area contributed by atoms with Gasteiger partial charge in [0, 0.05) is 11.1 Å². The van der Waals surface area contributed by atoms with Crippen molar-refractivity contribution in [3.8, 4) is 11.6 Å². The molecule has 0 fully saturated rings. The molecule has 0 saturated carbocycles. The zero-order valence-corrected chi connectivity index (χ0v) is 10.5. The van der Waals surface area contributed by atoms with E-state index in [1.807, 2.05) is 0 Å². The van der Waals surface area contributed by atoms with Crippen LogP contribution in [0, 0.1) is 12.7 Å². The zero-order valence-electron chi connectivity index (χ0n) is 9.72. The Balaban J connectivity index is 2.45. The fraction of sp³-hybridized carbons (Fsp3) is 0.0833. The standard InChI is InChI=1S/C12H8ClFN2O3/c1-6-10(14)11(16-5-15-6)19-9-4-7(13)2-3-8(9)12(17)18/h2-5H,1H3,(H,17,18). The van der Waals surface area contributed by atoms with Gasteiger partial charge in [0.2, 0.25) is 5.82 Å². The third-order valence-electron chi connectivity index (χ3n) is 2.31. The Kier molecular flexibility index (Phi) is 3.62. The van der Waals surface area contributed by atoms with Gasteiger partial charge in [-0.15, -0.1) is 0 Å². The molecule has 7 heteroatoms. The van der Waals surface area contributed by atoms with Crippen molar-refractivity contribution in [2.24, 2.45) is 0 Å². The molecule has 1 aromatic heterocycles. The minimum Gasteiger partial charge on any atom is -0.478 e. The van der Waals surface area contributed by atoms with Crippen LogP contribution in [0.2, 0.25) is 5.02 Å². The lowest BCUT2D eigenvalue weighted by Gasteiger charge is -2.09. The Hall–Kier alpha value is -2.21. The van der Waals surface area contributed by atoms with Crippen LogP contribution in [0.25, 0.3) is 0 Å². The number of halogens is 2. The molecule has 0 unspecified atom stereocenters. The molecular weight excluding hydrogens is 275 g/mol. The SMILES string of the molecule is Cc1ncnc(Oc2cc(Cl)ccc2C(=O)O)c1F. The van der Waals surface area contributed by atoms with Gasteiger partial charge in [-0.05, 0) is 19.1 Å². The van der Waals surface area contributed by atoms with Crippen molar-refractivity contribution in [3.63, 3.8) is 0 Å². The maximum absolute atomic E-state index is 13.7. The number of aromatic carboxylic acids is 1. The van der Waals surface area contributed by atoms with Crippen molar-refractivity contribution in [3.05, 3.63) is 46.6 Å². The van der Waals surface area contributed by atoms with E-state index in [0.717, 1.165) is 6.33 Å². The van der Waals surface area contributed by atoms with Gasteiger partial charge >= 0.3 is 5.97 Å². The third kappa shape index (κ3) is 2.79. The highest BCUT2D eigenvalue weighted by atomic mass is 35.5. The number of aryl methyl sites for hydroxylation is 1. The van der Waals surface area contributed by atoms with Crippen LogP contribution in [-0.4, -0.2) is 21.0 Å². The Bertz CT molecular complexity index is 649. The van der Waals surface area contributed by atoms with E-state index in [-0.39, 0.29) is 27.9 Å². The quantitative estimate of drug-likeness (QED) is 0.936. The topological polar surface area (TPSA) is 72.3 Å². The molecule has 98 valence electrons. The van der Waals surface area contributed by atoms with E-state index >= 15 is 0 Å². The number of benzene rings is 1. The number of aromatic nitrogens is 2. The van der Waals surface area contributed by atoms with E-state index in [1.165, 1.54) is 25.1 Å². The van der Waals surface area contributed by atoms with Crippen molar-refractivity contribution in [2.75, 3.05) is 0 Å². The zero-order chi connectivity index (χ0) is 14.0. The Morgan fingerprint density at radius 3 is 2.84 bits per heavy atom. The van der Waals surface area contributed by atoms with Gasteiger partial charge in [-0.3, -0.25) is 0 Å². The molecule has 2 rings (SSSR count).